The van der Waals surface area contributed by atoms with Crippen LogP contribution in [0.25, 0.3) is 0 Å². The van der Waals surface area contributed by atoms with E-state index in [1.54, 1.807) is 0 Å². The summed E-state index contributed by atoms with van der Waals surface area (Å²) in [6, 6.07) is 5.23. The van der Waals surface area contributed by atoms with E-state index in [9.17, 15) is 33.0 Å². The number of carbonyl (C=O) groups excluding carboxylic acids is 2. The topological polar surface area (TPSA) is 111 Å². The average molecular weight is 437 g/mol. The van der Waals surface area contributed by atoms with Gasteiger partial charge in [0.2, 0.25) is 5.60 Å². The highest BCUT2D eigenvalue weighted by Crippen LogP contribution is 2.46. The summed E-state index contributed by atoms with van der Waals surface area (Å²) in [5.41, 5.74) is -8.19. The van der Waals surface area contributed by atoms with Crippen molar-refractivity contribution in [1.29, 1.82) is 0 Å². The number of aliphatic hydroxyl groups is 2. The number of alkyl halides is 3. The van der Waals surface area contributed by atoms with Crippen LogP contribution in [0, 0.1) is 0 Å². The van der Waals surface area contributed by atoms with E-state index in [-0.39, 0.29) is 10.6 Å². The van der Waals surface area contributed by atoms with Crippen molar-refractivity contribution in [3.05, 3.63) is 53.1 Å². The number of nitrogens with zero attached hydrogens (tertiary/aromatic N) is 2. The second-order valence-electron chi connectivity index (χ2n) is 6.01. The van der Waals surface area contributed by atoms with Gasteiger partial charge in [-0.25, -0.2) is 14.6 Å². The summed E-state index contributed by atoms with van der Waals surface area (Å²) in [6.07, 6.45) is -3.64. The van der Waals surface area contributed by atoms with Crippen molar-refractivity contribution in [2.24, 2.45) is 7.05 Å². The molecular formula is C17H16ClF3N2O6. The molecule has 0 fully saturated rings. The summed E-state index contributed by atoms with van der Waals surface area (Å²) < 4.78 is 51.4. The summed E-state index contributed by atoms with van der Waals surface area (Å²) >= 11 is 5.74. The van der Waals surface area contributed by atoms with E-state index in [0.717, 1.165) is 30.1 Å². The fourth-order valence-electron chi connectivity index (χ4n) is 2.61. The van der Waals surface area contributed by atoms with Gasteiger partial charge in [-0.2, -0.15) is 13.2 Å². The second-order valence-corrected chi connectivity index (χ2v) is 6.44. The number of aromatic nitrogens is 2. The Labute approximate surface area is 167 Å². The molecule has 0 aliphatic heterocycles. The zero-order valence-corrected chi connectivity index (χ0v) is 15.9. The standard InChI is InChI=1S/C17H16ClF3N2O6/c1-23-7-6-22-13(23)16(27,17(19,20)21)15(26,14(25)28-2)9-29-12(24)10-4-3-5-11(18)8-10/h3-8,26-27H,9H2,1-2H3/t15-,16+/m1/s1. The van der Waals surface area contributed by atoms with Gasteiger partial charge in [-0.3, -0.25) is 0 Å². The molecule has 0 unspecified atom stereocenters. The summed E-state index contributed by atoms with van der Waals surface area (Å²) in [7, 11) is 1.80. The largest absolute Gasteiger partial charge is 0.467 e. The predicted molar refractivity (Wildman–Crippen MR) is 91.9 cm³/mol. The third-order valence-corrected chi connectivity index (χ3v) is 4.38. The Hall–Kier alpha value is -2.63. The molecule has 2 aromatic rings. The lowest BCUT2D eigenvalue weighted by molar-refractivity contribution is -0.330. The Morgan fingerprint density at radius 3 is 2.41 bits per heavy atom. The lowest BCUT2D eigenvalue weighted by Crippen LogP contribution is -2.67. The third kappa shape index (κ3) is 3.93. The molecule has 12 heteroatoms. The van der Waals surface area contributed by atoms with Gasteiger partial charge in [-0.15, -0.1) is 0 Å². The molecule has 2 rings (SSSR count). The number of imidazole rings is 1. The lowest BCUT2D eigenvalue weighted by Gasteiger charge is -2.40. The van der Waals surface area contributed by atoms with Gasteiger partial charge < -0.3 is 24.3 Å². The smallest absolute Gasteiger partial charge is 0.428 e. The first-order chi connectivity index (χ1) is 13.4. The van der Waals surface area contributed by atoms with Gasteiger partial charge in [0.1, 0.15) is 6.61 Å². The second kappa shape index (κ2) is 8.01. The fourth-order valence-corrected chi connectivity index (χ4v) is 2.80. The average Bonchev–Trinajstić information content (AvgIpc) is 3.09. The molecule has 0 aliphatic rings. The molecule has 1 aromatic heterocycles. The molecule has 0 aliphatic carbocycles. The van der Waals surface area contributed by atoms with Gasteiger partial charge in [-0.05, 0) is 18.2 Å². The van der Waals surface area contributed by atoms with Gasteiger partial charge >= 0.3 is 18.1 Å². The van der Waals surface area contributed by atoms with Crippen molar-refractivity contribution in [3.8, 4) is 0 Å². The number of hydrogen-bond donors (Lipinski definition) is 2. The minimum Gasteiger partial charge on any atom is -0.467 e. The van der Waals surface area contributed by atoms with Gasteiger partial charge in [0, 0.05) is 24.5 Å². The molecule has 1 heterocycles. The first kappa shape index (κ1) is 22.7. The van der Waals surface area contributed by atoms with E-state index < -0.39 is 41.7 Å². The molecular weight excluding hydrogens is 421 g/mol. The summed E-state index contributed by atoms with van der Waals surface area (Å²) in [5.74, 6) is -4.20. The molecule has 8 nitrogen and oxygen atoms in total. The van der Waals surface area contributed by atoms with Crippen molar-refractivity contribution < 1.29 is 42.4 Å². The van der Waals surface area contributed by atoms with Crippen LogP contribution in [0.4, 0.5) is 13.2 Å². The van der Waals surface area contributed by atoms with Crippen molar-refractivity contribution in [3.63, 3.8) is 0 Å². The number of benzene rings is 1. The summed E-state index contributed by atoms with van der Waals surface area (Å²) in [4.78, 5) is 27.7. The van der Waals surface area contributed by atoms with Crippen LogP contribution in [-0.2, 0) is 26.9 Å². The molecule has 0 saturated carbocycles. The molecule has 0 amide bonds. The molecule has 0 bridgehead atoms. The number of halogens is 4. The SMILES string of the molecule is COC(=O)[C@](O)(COC(=O)c1cccc(Cl)c1)[C@@](O)(c1nccn1C)C(F)(F)F. The normalized spacial score (nSPS) is 15.9. The van der Waals surface area contributed by atoms with Crippen LogP contribution in [0.3, 0.4) is 0 Å². The first-order valence-electron chi connectivity index (χ1n) is 7.89. The maximum Gasteiger partial charge on any atom is 0.428 e. The molecule has 0 spiro atoms. The highest BCUT2D eigenvalue weighted by atomic mass is 35.5. The molecule has 158 valence electrons. The van der Waals surface area contributed by atoms with Gasteiger partial charge in [-0.1, -0.05) is 17.7 Å². The van der Waals surface area contributed by atoms with E-state index >= 15 is 0 Å². The highest BCUT2D eigenvalue weighted by Gasteiger charge is 2.73. The number of ether oxygens (including phenoxy) is 2. The molecule has 1 aromatic carbocycles. The lowest BCUT2D eigenvalue weighted by atomic mass is 9.81. The van der Waals surface area contributed by atoms with Crippen molar-refractivity contribution in [2.75, 3.05) is 13.7 Å². The zero-order valence-electron chi connectivity index (χ0n) is 15.1. The fraction of sp³-hybridized carbons (Fsp3) is 0.353. The van der Waals surface area contributed by atoms with Crippen LogP contribution >= 0.6 is 11.6 Å². The zero-order chi connectivity index (χ0) is 22.0. The molecule has 29 heavy (non-hydrogen) atoms. The van der Waals surface area contributed by atoms with E-state index in [0.29, 0.717) is 7.11 Å². The Morgan fingerprint density at radius 2 is 1.93 bits per heavy atom. The molecule has 2 N–H and O–H groups in total. The number of rotatable bonds is 6. The maximum absolute atomic E-state index is 13.9. The minimum absolute atomic E-state index is 0.141. The van der Waals surface area contributed by atoms with E-state index in [2.05, 4.69) is 9.72 Å². The van der Waals surface area contributed by atoms with E-state index in [4.69, 9.17) is 16.3 Å². The quantitative estimate of drug-likeness (QED) is 0.661. The third-order valence-electron chi connectivity index (χ3n) is 4.15. The Balaban J connectivity index is 2.51. The monoisotopic (exact) mass is 436 g/mol. The van der Waals surface area contributed by atoms with Crippen molar-refractivity contribution in [2.45, 2.75) is 17.4 Å². The number of carbonyl (C=O) groups is 2. The number of esters is 2. The van der Waals surface area contributed by atoms with Crippen LogP contribution in [0.1, 0.15) is 16.2 Å². The number of aryl methyl sites for hydroxylation is 1. The van der Waals surface area contributed by atoms with Gasteiger partial charge in [0.05, 0.1) is 12.7 Å². The van der Waals surface area contributed by atoms with Gasteiger partial charge in [0.25, 0.3) is 5.60 Å². The Kier molecular flexibility index (Phi) is 6.26. The van der Waals surface area contributed by atoms with Gasteiger partial charge in [0.15, 0.2) is 5.82 Å². The Bertz CT molecular complexity index is 919. The first-order valence-corrected chi connectivity index (χ1v) is 8.26. The molecule has 2 atom stereocenters. The number of hydrogen-bond acceptors (Lipinski definition) is 7. The van der Waals surface area contributed by atoms with Crippen LogP contribution in [0.15, 0.2) is 36.7 Å². The summed E-state index contributed by atoms with van der Waals surface area (Å²) in [5, 5.41) is 21.4. The highest BCUT2D eigenvalue weighted by molar-refractivity contribution is 6.30. The molecule has 0 saturated heterocycles. The van der Waals surface area contributed by atoms with E-state index in [1.165, 1.54) is 18.2 Å². The van der Waals surface area contributed by atoms with Crippen LogP contribution in [0.2, 0.25) is 5.02 Å². The van der Waals surface area contributed by atoms with Crippen LogP contribution in [0.5, 0.6) is 0 Å². The predicted octanol–water partition coefficient (Wildman–Crippen LogP) is 1.58. The molecule has 0 radical (unpaired) electrons. The van der Waals surface area contributed by atoms with E-state index in [1.807, 2.05) is 0 Å². The minimum atomic E-state index is -5.61. The van der Waals surface area contributed by atoms with Crippen molar-refractivity contribution in [1.82, 2.24) is 9.55 Å². The maximum atomic E-state index is 13.9. The van der Waals surface area contributed by atoms with Crippen LogP contribution < -0.4 is 0 Å². The van der Waals surface area contributed by atoms with Crippen LogP contribution in [-0.4, -0.2) is 57.2 Å². The van der Waals surface area contributed by atoms with Crippen molar-refractivity contribution >= 4 is 23.5 Å². The number of methoxy groups -OCH3 is 1. The summed E-state index contributed by atoms with van der Waals surface area (Å²) in [6.45, 7) is -1.59. The Morgan fingerprint density at radius 1 is 1.28 bits per heavy atom.